The van der Waals surface area contributed by atoms with E-state index in [1.165, 1.54) is 0 Å². The van der Waals surface area contributed by atoms with E-state index >= 15 is 0 Å². The summed E-state index contributed by atoms with van der Waals surface area (Å²) in [6.07, 6.45) is 3.09. The Kier molecular flexibility index (Phi) is 6.22. The molecule has 1 amide bonds. The van der Waals surface area contributed by atoms with Crippen LogP contribution in [0.15, 0.2) is 24.3 Å². The average molecular weight is 250 g/mol. The fourth-order valence-corrected chi connectivity index (χ4v) is 1.82. The zero-order valence-corrected chi connectivity index (χ0v) is 11.1. The van der Waals surface area contributed by atoms with E-state index < -0.39 is 0 Å². The number of carbonyl (C=O) groups is 1. The van der Waals surface area contributed by atoms with Crippen LogP contribution in [0, 0.1) is 0 Å². The van der Waals surface area contributed by atoms with Crippen molar-refractivity contribution in [3.05, 3.63) is 29.8 Å². The highest BCUT2D eigenvalue weighted by atomic mass is 16.5. The van der Waals surface area contributed by atoms with Crippen molar-refractivity contribution in [2.24, 2.45) is 0 Å². The summed E-state index contributed by atoms with van der Waals surface area (Å²) >= 11 is 0. The third-order valence-corrected chi connectivity index (χ3v) is 2.81. The summed E-state index contributed by atoms with van der Waals surface area (Å²) in [5.74, 6) is -0.133. The van der Waals surface area contributed by atoms with E-state index in [9.17, 15) is 4.79 Å². The Morgan fingerprint density at radius 2 is 2.17 bits per heavy atom. The van der Waals surface area contributed by atoms with Crippen LogP contribution in [0.2, 0.25) is 0 Å². The third-order valence-electron chi connectivity index (χ3n) is 2.81. The molecule has 0 radical (unpaired) electrons. The van der Waals surface area contributed by atoms with Crippen molar-refractivity contribution in [2.75, 3.05) is 19.5 Å². The molecule has 4 nitrogen and oxygen atoms in total. The van der Waals surface area contributed by atoms with Gasteiger partial charge in [0.15, 0.2) is 0 Å². The maximum Gasteiger partial charge on any atom is 0.253 e. The molecular weight excluding hydrogens is 228 g/mol. The Hall–Kier alpha value is -1.55. The molecule has 100 valence electrons. The number of hydrogen-bond donors (Lipinski definition) is 2. The van der Waals surface area contributed by atoms with E-state index in [1.807, 2.05) is 12.1 Å². The van der Waals surface area contributed by atoms with Gasteiger partial charge in [-0.3, -0.25) is 4.79 Å². The number of rotatable bonds is 7. The zero-order chi connectivity index (χ0) is 13.4. The topological polar surface area (TPSA) is 64.3 Å². The molecule has 0 saturated heterocycles. The fraction of sp³-hybridized carbons (Fsp3) is 0.500. The van der Waals surface area contributed by atoms with Crippen molar-refractivity contribution in [1.82, 2.24) is 5.32 Å². The number of hydrogen-bond acceptors (Lipinski definition) is 3. The highest BCUT2D eigenvalue weighted by molar-refractivity contribution is 5.99. The molecule has 0 bridgehead atoms. The van der Waals surface area contributed by atoms with Crippen molar-refractivity contribution in [1.29, 1.82) is 0 Å². The molecule has 0 saturated carbocycles. The Balaban J connectivity index is 2.63. The monoisotopic (exact) mass is 250 g/mol. The minimum Gasteiger partial charge on any atom is -0.398 e. The lowest BCUT2D eigenvalue weighted by Crippen LogP contribution is -2.38. The number of ether oxygens (including phenoxy) is 1. The second kappa shape index (κ2) is 7.71. The number of nitrogens with one attached hydrogen (secondary N) is 1. The van der Waals surface area contributed by atoms with Gasteiger partial charge in [-0.05, 0) is 18.6 Å². The molecule has 3 N–H and O–H groups in total. The molecule has 0 fully saturated rings. The molecule has 0 heterocycles. The summed E-state index contributed by atoms with van der Waals surface area (Å²) in [7, 11) is 1.64. The van der Waals surface area contributed by atoms with Crippen LogP contribution in [0.5, 0.6) is 0 Å². The van der Waals surface area contributed by atoms with Crippen molar-refractivity contribution in [3.63, 3.8) is 0 Å². The van der Waals surface area contributed by atoms with E-state index in [4.69, 9.17) is 10.5 Å². The van der Waals surface area contributed by atoms with Gasteiger partial charge < -0.3 is 15.8 Å². The van der Waals surface area contributed by atoms with Gasteiger partial charge in [-0.15, -0.1) is 0 Å². The number of nitrogen functional groups attached to an aromatic ring is 1. The smallest absolute Gasteiger partial charge is 0.253 e. The van der Waals surface area contributed by atoms with Gasteiger partial charge in [0.05, 0.1) is 18.2 Å². The van der Waals surface area contributed by atoms with Gasteiger partial charge in [-0.25, -0.2) is 0 Å². The predicted molar refractivity (Wildman–Crippen MR) is 73.5 cm³/mol. The Labute approximate surface area is 109 Å². The zero-order valence-electron chi connectivity index (χ0n) is 11.1. The molecular formula is C14H22N2O2. The molecule has 1 atom stereocenters. The molecule has 0 aliphatic carbocycles. The van der Waals surface area contributed by atoms with E-state index in [2.05, 4.69) is 12.2 Å². The van der Waals surface area contributed by atoms with Crippen molar-refractivity contribution in [3.8, 4) is 0 Å². The number of benzene rings is 1. The van der Waals surface area contributed by atoms with Gasteiger partial charge in [-0.1, -0.05) is 31.9 Å². The summed E-state index contributed by atoms with van der Waals surface area (Å²) in [4.78, 5) is 12.1. The summed E-state index contributed by atoms with van der Waals surface area (Å²) in [5.41, 5.74) is 6.80. The minimum absolute atomic E-state index is 0.0436. The standard InChI is InChI=1S/C14H22N2O2/c1-3-4-7-11(10-18-2)16-14(17)12-8-5-6-9-13(12)15/h5-6,8-9,11H,3-4,7,10,15H2,1-2H3,(H,16,17). The first-order chi connectivity index (χ1) is 8.69. The number of methoxy groups -OCH3 is 1. The van der Waals surface area contributed by atoms with Crippen LogP contribution in [-0.4, -0.2) is 25.7 Å². The van der Waals surface area contributed by atoms with Crippen molar-refractivity contribution >= 4 is 11.6 Å². The van der Waals surface area contributed by atoms with E-state index in [0.717, 1.165) is 19.3 Å². The van der Waals surface area contributed by atoms with Crippen LogP contribution in [-0.2, 0) is 4.74 Å². The summed E-state index contributed by atoms with van der Waals surface area (Å²) in [6, 6.07) is 7.13. The average Bonchev–Trinajstić information content (AvgIpc) is 2.36. The largest absolute Gasteiger partial charge is 0.398 e. The number of para-hydroxylation sites is 1. The van der Waals surface area contributed by atoms with E-state index in [-0.39, 0.29) is 11.9 Å². The first kappa shape index (κ1) is 14.5. The maximum absolute atomic E-state index is 12.1. The molecule has 18 heavy (non-hydrogen) atoms. The number of carbonyl (C=O) groups excluding carboxylic acids is 1. The maximum atomic E-state index is 12.1. The lowest BCUT2D eigenvalue weighted by atomic mass is 10.1. The number of unbranched alkanes of at least 4 members (excludes halogenated alkanes) is 1. The van der Waals surface area contributed by atoms with Gasteiger partial charge in [-0.2, -0.15) is 0 Å². The molecule has 0 aromatic heterocycles. The molecule has 0 aliphatic rings. The normalized spacial score (nSPS) is 12.1. The highest BCUT2D eigenvalue weighted by Crippen LogP contribution is 2.11. The van der Waals surface area contributed by atoms with Crippen LogP contribution in [0.1, 0.15) is 36.5 Å². The van der Waals surface area contributed by atoms with E-state index in [0.29, 0.717) is 17.9 Å². The van der Waals surface area contributed by atoms with Crippen LogP contribution in [0.3, 0.4) is 0 Å². The second-order valence-corrected chi connectivity index (χ2v) is 4.36. The van der Waals surface area contributed by atoms with Crippen LogP contribution >= 0.6 is 0 Å². The number of anilines is 1. The van der Waals surface area contributed by atoms with Gasteiger partial charge in [0, 0.05) is 12.8 Å². The van der Waals surface area contributed by atoms with Gasteiger partial charge in [0.1, 0.15) is 0 Å². The van der Waals surface area contributed by atoms with Gasteiger partial charge in [0.25, 0.3) is 5.91 Å². The molecule has 4 heteroatoms. The summed E-state index contributed by atoms with van der Waals surface area (Å²) < 4.78 is 5.12. The minimum atomic E-state index is -0.133. The Morgan fingerprint density at radius 3 is 2.78 bits per heavy atom. The Bertz CT molecular complexity index is 380. The first-order valence-electron chi connectivity index (χ1n) is 6.33. The molecule has 1 aromatic carbocycles. The molecule has 1 unspecified atom stereocenters. The van der Waals surface area contributed by atoms with Crippen LogP contribution < -0.4 is 11.1 Å². The number of nitrogens with two attached hydrogens (primary N) is 1. The molecule has 0 aliphatic heterocycles. The van der Waals surface area contributed by atoms with Gasteiger partial charge in [0.2, 0.25) is 0 Å². The summed E-state index contributed by atoms with van der Waals surface area (Å²) in [6.45, 7) is 2.65. The van der Waals surface area contributed by atoms with Crippen molar-refractivity contribution < 1.29 is 9.53 Å². The third kappa shape index (κ3) is 4.37. The first-order valence-corrected chi connectivity index (χ1v) is 6.33. The van der Waals surface area contributed by atoms with Crippen LogP contribution in [0.25, 0.3) is 0 Å². The molecule has 1 aromatic rings. The lowest BCUT2D eigenvalue weighted by molar-refractivity contribution is 0.0891. The molecule has 1 rings (SSSR count). The Morgan fingerprint density at radius 1 is 1.44 bits per heavy atom. The number of amides is 1. The van der Waals surface area contributed by atoms with Crippen LogP contribution in [0.4, 0.5) is 5.69 Å². The SMILES string of the molecule is CCCCC(COC)NC(=O)c1ccccc1N. The van der Waals surface area contributed by atoms with E-state index in [1.54, 1.807) is 19.2 Å². The second-order valence-electron chi connectivity index (χ2n) is 4.36. The quantitative estimate of drug-likeness (QED) is 0.729. The molecule has 0 spiro atoms. The summed E-state index contributed by atoms with van der Waals surface area (Å²) in [5, 5.41) is 2.97. The lowest BCUT2D eigenvalue weighted by Gasteiger charge is -2.18. The van der Waals surface area contributed by atoms with Gasteiger partial charge >= 0.3 is 0 Å². The van der Waals surface area contributed by atoms with Crippen molar-refractivity contribution in [2.45, 2.75) is 32.2 Å². The predicted octanol–water partition coefficient (Wildman–Crippen LogP) is 2.20. The highest BCUT2D eigenvalue weighted by Gasteiger charge is 2.14. The fourth-order valence-electron chi connectivity index (χ4n) is 1.82.